The summed E-state index contributed by atoms with van der Waals surface area (Å²) >= 11 is 0. The molecule has 5 rings (SSSR count). The molecule has 2 N–H and O–H groups in total. The van der Waals surface area contributed by atoms with E-state index in [9.17, 15) is 18.3 Å². The Bertz CT molecular complexity index is 946. The fourth-order valence-electron chi connectivity index (χ4n) is 12.3. The number of nitrogens with one attached hydrogen (secondary N) is 1. The number of alkyl halides is 3. The van der Waals surface area contributed by atoms with Crippen LogP contribution in [0.1, 0.15) is 150 Å². The lowest BCUT2D eigenvalue weighted by atomic mass is 9.62. The summed E-state index contributed by atoms with van der Waals surface area (Å²) in [5.41, 5.74) is 0.584. The van der Waals surface area contributed by atoms with Crippen LogP contribution in [0.25, 0.3) is 0 Å². The van der Waals surface area contributed by atoms with Crippen LogP contribution in [0.3, 0.4) is 0 Å². The predicted octanol–water partition coefficient (Wildman–Crippen LogP) is 11.5. The fraction of sp³-hybridized carbons (Fsp3) is 0.974. The molecule has 254 valence electrons. The van der Waals surface area contributed by atoms with E-state index in [-0.39, 0.29) is 36.0 Å². The Labute approximate surface area is 268 Å². The van der Waals surface area contributed by atoms with E-state index >= 15 is 0 Å². The average molecular weight is 622 g/mol. The maximum atomic E-state index is 14.5. The monoisotopic (exact) mass is 622 g/mol. The number of rotatable bonds is 7. The van der Waals surface area contributed by atoms with Gasteiger partial charge in [0, 0.05) is 12.1 Å². The topological polar surface area (TPSA) is 44.1 Å². The van der Waals surface area contributed by atoms with Gasteiger partial charge in [0.05, 0.1) is 12.0 Å². The quantitative estimate of drug-likeness (QED) is 0.273. The molecule has 5 heteroatoms. The van der Waals surface area contributed by atoms with Crippen molar-refractivity contribution in [2.24, 2.45) is 76.4 Å². The summed E-state index contributed by atoms with van der Waals surface area (Å²) in [5, 5.41) is 20.4. The van der Waals surface area contributed by atoms with Gasteiger partial charge in [0.2, 0.25) is 0 Å². The number of fused-ring (bicyclic) bond motifs is 1. The van der Waals surface area contributed by atoms with Crippen LogP contribution in [-0.2, 0) is 0 Å². The molecule has 44 heavy (non-hydrogen) atoms. The van der Waals surface area contributed by atoms with Gasteiger partial charge < -0.3 is 10.5 Å². The summed E-state index contributed by atoms with van der Waals surface area (Å²) < 4.78 is 43.6. The van der Waals surface area contributed by atoms with Gasteiger partial charge in [-0.1, -0.05) is 79.6 Å². The molecule has 0 bridgehead atoms. The van der Waals surface area contributed by atoms with Crippen LogP contribution in [0.4, 0.5) is 13.2 Å². The minimum Gasteiger partial charge on any atom is -0.392 e. The molecular weight excluding hydrogens is 555 g/mol. The second kappa shape index (κ2) is 14.3. The van der Waals surface area contributed by atoms with Crippen molar-refractivity contribution in [3.63, 3.8) is 0 Å². The van der Waals surface area contributed by atoms with E-state index in [1.54, 1.807) is 0 Å². The molecule has 5 fully saturated rings. The van der Waals surface area contributed by atoms with E-state index in [1.165, 1.54) is 44.9 Å². The summed E-state index contributed by atoms with van der Waals surface area (Å²) in [6, 6.07) is 0. The highest BCUT2D eigenvalue weighted by Crippen LogP contribution is 2.56. The van der Waals surface area contributed by atoms with Crippen molar-refractivity contribution in [1.82, 2.24) is 0 Å². The molecule has 0 aromatic rings. The molecule has 5 saturated carbocycles. The first-order chi connectivity index (χ1) is 20.7. The minimum atomic E-state index is -4.21. The Hall–Kier alpha value is -0.580. The van der Waals surface area contributed by atoms with E-state index in [4.69, 9.17) is 5.41 Å². The van der Waals surface area contributed by atoms with Crippen molar-refractivity contribution in [3.05, 3.63) is 0 Å². The third-order valence-electron chi connectivity index (χ3n) is 14.2. The van der Waals surface area contributed by atoms with E-state index in [2.05, 4.69) is 34.6 Å². The summed E-state index contributed by atoms with van der Waals surface area (Å²) in [6.07, 6.45) is 13.1. The predicted molar refractivity (Wildman–Crippen MR) is 176 cm³/mol. The number of hydrogen-bond acceptors (Lipinski definition) is 2. The largest absolute Gasteiger partial charge is 0.392 e. The molecular formula is C39H66F3NO. The first kappa shape index (κ1) is 34.7. The van der Waals surface area contributed by atoms with Gasteiger partial charge in [-0.15, -0.1) is 0 Å². The molecule has 0 spiro atoms. The van der Waals surface area contributed by atoms with E-state index in [1.807, 2.05) is 0 Å². The van der Waals surface area contributed by atoms with E-state index in [0.29, 0.717) is 48.6 Å². The fourth-order valence-corrected chi connectivity index (χ4v) is 12.3. The molecule has 0 radical (unpaired) electrons. The lowest BCUT2D eigenvalue weighted by molar-refractivity contribution is -0.200. The maximum Gasteiger partial charge on any atom is 0.392 e. The van der Waals surface area contributed by atoms with E-state index in [0.717, 1.165) is 62.2 Å². The zero-order valence-corrected chi connectivity index (χ0v) is 28.8. The number of aliphatic hydroxyl groups excluding tert-OH is 1. The number of aliphatic hydroxyl groups is 1. The van der Waals surface area contributed by atoms with Gasteiger partial charge in [-0.25, -0.2) is 0 Å². The van der Waals surface area contributed by atoms with Crippen molar-refractivity contribution in [2.75, 3.05) is 0 Å². The average Bonchev–Trinajstić information content (AvgIpc) is 3.27. The standard InChI is InChI=1S/C39H66F3NO/c1-24-9-8-10-27(23-38(4,5)22-24)18-29-15-16-30(20-34(29)39(40,41)42)35(43)21-36(44)31-14-13-25(2)33(19-31)37-26(3)17-28-11-6-7-12-32(28)37/h24-34,36-37,43-44H,6-23H2,1-5H3. The van der Waals surface area contributed by atoms with Gasteiger partial charge in [-0.2, -0.15) is 13.2 Å². The Morgan fingerprint density at radius 3 is 2.32 bits per heavy atom. The lowest BCUT2D eigenvalue weighted by Crippen LogP contribution is -2.41. The van der Waals surface area contributed by atoms with Gasteiger partial charge in [-0.3, -0.25) is 0 Å². The second-order valence-corrected chi connectivity index (χ2v) is 18.1. The third kappa shape index (κ3) is 8.28. The molecule has 0 saturated heterocycles. The second-order valence-electron chi connectivity index (χ2n) is 18.1. The molecule has 0 heterocycles. The number of halogens is 3. The van der Waals surface area contributed by atoms with Gasteiger partial charge in [0.15, 0.2) is 0 Å². The van der Waals surface area contributed by atoms with Gasteiger partial charge in [0.1, 0.15) is 0 Å². The van der Waals surface area contributed by atoms with Crippen LogP contribution >= 0.6 is 0 Å². The zero-order valence-electron chi connectivity index (χ0n) is 28.8. The molecule has 2 nitrogen and oxygen atoms in total. The SMILES string of the molecule is CC1CCCC(CC2CCC(C(=N)CC(O)C3CCC(C)C(C4C(C)CC5CCCCC54)C3)CC2C(F)(F)F)CC(C)(C)C1. The Morgan fingerprint density at radius 1 is 0.818 bits per heavy atom. The van der Waals surface area contributed by atoms with Crippen molar-refractivity contribution in [2.45, 2.75) is 162 Å². The first-order valence-corrected chi connectivity index (χ1v) is 19.0. The smallest absolute Gasteiger partial charge is 0.392 e. The summed E-state index contributed by atoms with van der Waals surface area (Å²) in [7, 11) is 0. The first-order valence-electron chi connectivity index (χ1n) is 19.0. The highest BCUT2D eigenvalue weighted by molar-refractivity contribution is 5.84. The Kier molecular flexibility index (Phi) is 11.3. The Balaban J connectivity index is 1.18. The summed E-state index contributed by atoms with van der Waals surface area (Å²) in [6.45, 7) is 11.8. The van der Waals surface area contributed by atoms with Crippen molar-refractivity contribution < 1.29 is 18.3 Å². The highest BCUT2D eigenvalue weighted by Gasteiger charge is 2.50. The number of hydrogen-bond donors (Lipinski definition) is 2. The molecule has 0 aliphatic heterocycles. The van der Waals surface area contributed by atoms with Crippen molar-refractivity contribution in [3.8, 4) is 0 Å². The highest BCUT2D eigenvalue weighted by atomic mass is 19.4. The summed E-state index contributed by atoms with van der Waals surface area (Å²) in [4.78, 5) is 0. The van der Waals surface area contributed by atoms with Gasteiger partial charge in [-0.05, 0) is 135 Å². The molecule has 13 atom stereocenters. The van der Waals surface area contributed by atoms with Crippen LogP contribution in [0.2, 0.25) is 0 Å². The van der Waals surface area contributed by atoms with Gasteiger partial charge >= 0.3 is 6.18 Å². The van der Waals surface area contributed by atoms with Crippen molar-refractivity contribution in [1.29, 1.82) is 5.41 Å². The molecule has 13 unspecified atom stereocenters. The molecule has 5 aliphatic rings. The van der Waals surface area contributed by atoms with Crippen molar-refractivity contribution >= 4 is 5.71 Å². The normalized spacial score (nSPS) is 44.3. The molecule has 0 aromatic heterocycles. The molecule has 0 aromatic carbocycles. The zero-order chi connectivity index (χ0) is 31.8. The van der Waals surface area contributed by atoms with Crippen LogP contribution in [0.15, 0.2) is 0 Å². The van der Waals surface area contributed by atoms with Crippen LogP contribution in [-0.4, -0.2) is 23.1 Å². The van der Waals surface area contributed by atoms with Gasteiger partial charge in [0.25, 0.3) is 0 Å². The Morgan fingerprint density at radius 2 is 1.57 bits per heavy atom. The minimum absolute atomic E-state index is 0.0554. The molecule has 0 amide bonds. The van der Waals surface area contributed by atoms with Crippen LogP contribution in [0.5, 0.6) is 0 Å². The molecule has 5 aliphatic carbocycles. The van der Waals surface area contributed by atoms with Crippen LogP contribution < -0.4 is 0 Å². The third-order valence-corrected chi connectivity index (χ3v) is 14.2. The van der Waals surface area contributed by atoms with E-state index < -0.39 is 18.2 Å². The lowest BCUT2D eigenvalue weighted by Gasteiger charge is -2.44. The van der Waals surface area contributed by atoms with Crippen LogP contribution in [0, 0.1) is 81.8 Å². The maximum absolute atomic E-state index is 14.5. The summed E-state index contributed by atoms with van der Waals surface area (Å²) in [5.74, 6) is 3.90.